The molecule has 0 aromatic carbocycles. The SMILES string of the molecule is Cc1cc(CN2CCC=C(CCNS(=O)(=O)C3CC3)C2)no1. The lowest BCUT2D eigenvalue weighted by Crippen LogP contribution is -2.32. The lowest BCUT2D eigenvalue weighted by molar-refractivity contribution is 0.268. The molecule has 6 nitrogen and oxygen atoms in total. The molecule has 0 saturated heterocycles. The Morgan fingerprint density at radius 2 is 2.27 bits per heavy atom. The van der Waals surface area contributed by atoms with Crippen LogP contribution >= 0.6 is 0 Å². The zero-order chi connectivity index (χ0) is 15.6. The highest BCUT2D eigenvalue weighted by Crippen LogP contribution is 2.27. The number of aromatic nitrogens is 1. The van der Waals surface area contributed by atoms with Crippen LogP contribution in [0.3, 0.4) is 0 Å². The molecule has 1 aliphatic carbocycles. The van der Waals surface area contributed by atoms with Crippen LogP contribution in [-0.2, 0) is 16.6 Å². The summed E-state index contributed by atoms with van der Waals surface area (Å²) in [7, 11) is -3.06. The highest BCUT2D eigenvalue weighted by molar-refractivity contribution is 7.90. The minimum atomic E-state index is -3.06. The smallest absolute Gasteiger partial charge is 0.214 e. The van der Waals surface area contributed by atoms with Crippen LogP contribution in [0.15, 0.2) is 22.2 Å². The first-order valence-corrected chi connectivity index (χ1v) is 9.38. The fourth-order valence-electron chi connectivity index (χ4n) is 2.77. The van der Waals surface area contributed by atoms with Crippen LogP contribution in [0.1, 0.15) is 37.1 Å². The fourth-order valence-corrected chi connectivity index (χ4v) is 4.15. The van der Waals surface area contributed by atoms with Crippen molar-refractivity contribution >= 4 is 10.0 Å². The molecule has 1 fully saturated rings. The molecule has 3 rings (SSSR count). The summed E-state index contributed by atoms with van der Waals surface area (Å²) in [6, 6.07) is 1.96. The number of aryl methyl sites for hydroxylation is 1. The van der Waals surface area contributed by atoms with Gasteiger partial charge in [0.25, 0.3) is 0 Å². The molecule has 2 heterocycles. The van der Waals surface area contributed by atoms with E-state index in [0.717, 1.165) is 56.8 Å². The largest absolute Gasteiger partial charge is 0.361 e. The molecule has 1 aromatic heterocycles. The van der Waals surface area contributed by atoms with Gasteiger partial charge in [0.05, 0.1) is 10.9 Å². The number of rotatable bonds is 7. The Hall–Kier alpha value is -1.18. The molecule has 0 amide bonds. The lowest BCUT2D eigenvalue weighted by Gasteiger charge is -2.26. The number of nitrogens with zero attached hydrogens (tertiary/aromatic N) is 2. The quantitative estimate of drug-likeness (QED) is 0.771. The molecule has 0 atom stereocenters. The second-order valence-corrected chi connectivity index (χ2v) is 8.22. The highest BCUT2D eigenvalue weighted by atomic mass is 32.2. The molecule has 2 aliphatic rings. The van der Waals surface area contributed by atoms with Crippen molar-refractivity contribution in [3.63, 3.8) is 0 Å². The second kappa shape index (κ2) is 6.52. The lowest BCUT2D eigenvalue weighted by atomic mass is 10.1. The average Bonchev–Trinajstić information content (AvgIpc) is 3.25. The van der Waals surface area contributed by atoms with Crippen LogP contribution in [0, 0.1) is 6.92 Å². The molecule has 7 heteroatoms. The van der Waals surface area contributed by atoms with Gasteiger partial charge < -0.3 is 4.52 Å². The Bertz CT molecular complexity index is 647. The van der Waals surface area contributed by atoms with Crippen molar-refractivity contribution in [2.75, 3.05) is 19.6 Å². The van der Waals surface area contributed by atoms with E-state index in [9.17, 15) is 8.42 Å². The molecule has 0 bridgehead atoms. The van der Waals surface area contributed by atoms with Crippen molar-refractivity contribution in [1.29, 1.82) is 0 Å². The molecule has 0 spiro atoms. The summed E-state index contributed by atoms with van der Waals surface area (Å²) in [5, 5.41) is 3.89. The maximum absolute atomic E-state index is 11.8. The van der Waals surface area contributed by atoms with Crippen LogP contribution in [0.4, 0.5) is 0 Å². The first-order chi connectivity index (χ1) is 10.5. The summed E-state index contributed by atoms with van der Waals surface area (Å²) < 4.78 is 31.4. The van der Waals surface area contributed by atoms with E-state index in [1.165, 1.54) is 5.57 Å². The van der Waals surface area contributed by atoms with E-state index in [2.05, 4.69) is 20.9 Å². The van der Waals surface area contributed by atoms with Crippen LogP contribution < -0.4 is 4.72 Å². The predicted molar refractivity (Wildman–Crippen MR) is 83.8 cm³/mol. The maximum atomic E-state index is 11.8. The molecular formula is C15H23N3O3S. The molecule has 22 heavy (non-hydrogen) atoms. The third-order valence-electron chi connectivity index (χ3n) is 4.08. The van der Waals surface area contributed by atoms with E-state index >= 15 is 0 Å². The molecule has 1 aliphatic heterocycles. The van der Waals surface area contributed by atoms with Crippen LogP contribution in [0.2, 0.25) is 0 Å². The fraction of sp³-hybridized carbons (Fsp3) is 0.667. The normalized spacial score (nSPS) is 20.1. The molecular weight excluding hydrogens is 302 g/mol. The van der Waals surface area contributed by atoms with Gasteiger partial charge in [-0.3, -0.25) is 4.90 Å². The summed E-state index contributed by atoms with van der Waals surface area (Å²) in [5.74, 6) is 0.831. The van der Waals surface area contributed by atoms with Crippen LogP contribution in [0.25, 0.3) is 0 Å². The summed E-state index contributed by atoms with van der Waals surface area (Å²) >= 11 is 0. The maximum Gasteiger partial charge on any atom is 0.214 e. The van der Waals surface area contributed by atoms with Gasteiger partial charge in [-0.15, -0.1) is 0 Å². The van der Waals surface area contributed by atoms with Crippen molar-refractivity contribution < 1.29 is 12.9 Å². The zero-order valence-corrected chi connectivity index (χ0v) is 13.7. The molecule has 1 N–H and O–H groups in total. The van der Waals surface area contributed by atoms with Gasteiger partial charge in [-0.1, -0.05) is 16.8 Å². The highest BCUT2D eigenvalue weighted by Gasteiger charge is 2.35. The monoisotopic (exact) mass is 325 g/mol. The third-order valence-corrected chi connectivity index (χ3v) is 6.04. The van der Waals surface area contributed by atoms with Gasteiger partial charge in [-0.2, -0.15) is 0 Å². The summed E-state index contributed by atoms with van der Waals surface area (Å²) in [4.78, 5) is 2.32. The summed E-state index contributed by atoms with van der Waals surface area (Å²) in [5.41, 5.74) is 2.25. The first-order valence-electron chi connectivity index (χ1n) is 7.84. The first kappa shape index (κ1) is 15.7. The molecule has 1 saturated carbocycles. The van der Waals surface area contributed by atoms with E-state index in [1.54, 1.807) is 0 Å². The minimum Gasteiger partial charge on any atom is -0.361 e. The second-order valence-electron chi connectivity index (χ2n) is 6.18. The van der Waals surface area contributed by atoms with Gasteiger partial charge in [0.2, 0.25) is 10.0 Å². The molecule has 0 radical (unpaired) electrons. The van der Waals surface area contributed by atoms with Crippen molar-refractivity contribution in [2.45, 2.75) is 44.4 Å². The van der Waals surface area contributed by atoms with E-state index < -0.39 is 10.0 Å². The van der Waals surface area contributed by atoms with Gasteiger partial charge in [-0.05, 0) is 32.6 Å². The average molecular weight is 325 g/mol. The molecule has 122 valence electrons. The number of nitrogens with one attached hydrogen (secondary N) is 1. The molecule has 0 unspecified atom stereocenters. The van der Waals surface area contributed by atoms with Crippen molar-refractivity contribution in [3.05, 3.63) is 29.2 Å². The van der Waals surface area contributed by atoms with Crippen molar-refractivity contribution in [2.24, 2.45) is 0 Å². The van der Waals surface area contributed by atoms with Gasteiger partial charge in [0.1, 0.15) is 5.76 Å². The van der Waals surface area contributed by atoms with E-state index in [4.69, 9.17) is 4.52 Å². The number of hydrogen-bond donors (Lipinski definition) is 1. The number of sulfonamides is 1. The van der Waals surface area contributed by atoms with Gasteiger partial charge in [-0.25, -0.2) is 13.1 Å². The standard InChI is InChI=1S/C15H23N3O3S/c1-12-9-14(17-21-12)11-18-8-2-3-13(10-18)6-7-16-22(19,20)15-4-5-15/h3,9,15-16H,2,4-8,10-11H2,1H3. The zero-order valence-electron chi connectivity index (χ0n) is 12.9. The van der Waals surface area contributed by atoms with Crippen LogP contribution in [0.5, 0.6) is 0 Å². The van der Waals surface area contributed by atoms with Crippen molar-refractivity contribution in [1.82, 2.24) is 14.8 Å². The summed E-state index contributed by atoms with van der Waals surface area (Å²) in [6.45, 7) is 5.05. The van der Waals surface area contributed by atoms with E-state index in [-0.39, 0.29) is 5.25 Å². The Kier molecular flexibility index (Phi) is 4.65. The number of hydrogen-bond acceptors (Lipinski definition) is 5. The Labute approximate surface area is 131 Å². The van der Waals surface area contributed by atoms with E-state index in [0.29, 0.717) is 6.54 Å². The Morgan fingerprint density at radius 1 is 1.45 bits per heavy atom. The van der Waals surface area contributed by atoms with Gasteiger partial charge in [0.15, 0.2) is 0 Å². The minimum absolute atomic E-state index is 0.139. The predicted octanol–water partition coefficient (Wildman–Crippen LogP) is 1.59. The molecule has 1 aromatic rings. The van der Waals surface area contributed by atoms with Crippen molar-refractivity contribution in [3.8, 4) is 0 Å². The van der Waals surface area contributed by atoms with Gasteiger partial charge >= 0.3 is 0 Å². The third kappa shape index (κ3) is 4.18. The Balaban J connectivity index is 1.45. The van der Waals surface area contributed by atoms with E-state index in [1.807, 2.05) is 13.0 Å². The van der Waals surface area contributed by atoms with Gasteiger partial charge in [0, 0.05) is 32.2 Å². The Morgan fingerprint density at radius 3 is 2.95 bits per heavy atom. The topological polar surface area (TPSA) is 75.4 Å². The van der Waals surface area contributed by atoms with Crippen LogP contribution in [-0.4, -0.2) is 43.4 Å². The summed E-state index contributed by atoms with van der Waals surface area (Å²) in [6.07, 6.45) is 5.63.